The minimum atomic E-state index is 0.850. The molecule has 0 atom stereocenters. The Morgan fingerprint density at radius 3 is 1.73 bits per heavy atom. The van der Waals surface area contributed by atoms with E-state index >= 15 is 0 Å². The molecule has 290 valence electrons. The van der Waals surface area contributed by atoms with E-state index in [0.717, 1.165) is 94.3 Å². The highest BCUT2D eigenvalue weighted by atomic mass is 16.3. The molecule has 4 nitrogen and oxygen atoms in total. The smallest absolute Gasteiger partial charge is 0.145 e. The van der Waals surface area contributed by atoms with Crippen LogP contribution in [0.2, 0.25) is 0 Å². The van der Waals surface area contributed by atoms with Gasteiger partial charge < -0.3 is 18.3 Å². The van der Waals surface area contributed by atoms with Gasteiger partial charge in [-0.1, -0.05) is 146 Å². The maximum atomic E-state index is 6.96. The normalized spacial score (nSPS) is 11.9. The Kier molecular flexibility index (Phi) is 7.57. The first-order valence-corrected chi connectivity index (χ1v) is 21.1. The van der Waals surface area contributed by atoms with Gasteiger partial charge in [0.2, 0.25) is 0 Å². The Morgan fingerprint density at radius 2 is 0.952 bits per heavy atom. The van der Waals surface area contributed by atoms with Crippen LogP contribution in [0, 0.1) is 0 Å². The van der Waals surface area contributed by atoms with E-state index in [1.165, 1.54) is 27.2 Å². The second-order valence-corrected chi connectivity index (χ2v) is 16.0. The molecule has 0 fully saturated rings. The average molecular weight is 793 g/mol. The molecule has 13 rings (SSSR count). The minimum absolute atomic E-state index is 0.850. The first kappa shape index (κ1) is 34.5. The number of fused-ring (bicyclic) bond motifs is 10. The highest BCUT2D eigenvalue weighted by Crippen LogP contribution is 2.48. The lowest BCUT2D eigenvalue weighted by Crippen LogP contribution is -2.11. The summed E-state index contributed by atoms with van der Waals surface area (Å²) in [6.45, 7) is 0. The summed E-state index contributed by atoms with van der Waals surface area (Å²) in [6.07, 6.45) is 0. The first-order chi connectivity index (χ1) is 30.8. The SMILES string of the molecule is c1cc(-c2ccc(N(c3ccc(-c4cccc5oc6ccccc6c45)cc3)c3cccc4ccccc34)c3c2oc2ccccc23)cc(-n2c3ccccc3c3ccccc32)c1. The summed E-state index contributed by atoms with van der Waals surface area (Å²) in [7, 11) is 0. The standard InChI is InChI=1S/C58H36N2O2/c1-2-18-42-37(14-1)15-12-26-49(42)59(40-32-30-38(31-33-40)43-23-13-29-55-56(43)47-21-5-9-27-53(47)61-55)52-35-34-44(58-57(52)48-22-6-10-28-54(48)62-58)39-16-11-17-41(36-39)60-50-24-7-3-19-45(50)46-20-4-8-25-51(46)60/h1-36H. The number of para-hydroxylation sites is 4. The lowest BCUT2D eigenvalue weighted by Gasteiger charge is -2.28. The first-order valence-electron chi connectivity index (χ1n) is 21.1. The van der Waals surface area contributed by atoms with Gasteiger partial charge in [-0.15, -0.1) is 0 Å². The zero-order valence-electron chi connectivity index (χ0n) is 33.5. The lowest BCUT2D eigenvalue weighted by molar-refractivity contribution is 0.669. The summed E-state index contributed by atoms with van der Waals surface area (Å²) < 4.78 is 15.6. The molecule has 13 aromatic rings. The Bertz CT molecular complexity index is 3830. The predicted octanol–water partition coefficient (Wildman–Crippen LogP) is 16.5. The van der Waals surface area contributed by atoms with E-state index in [-0.39, 0.29) is 0 Å². The topological polar surface area (TPSA) is 34.5 Å². The van der Waals surface area contributed by atoms with Crippen molar-refractivity contribution >= 4 is 93.5 Å². The van der Waals surface area contributed by atoms with E-state index in [4.69, 9.17) is 8.83 Å². The maximum absolute atomic E-state index is 6.96. The zero-order chi connectivity index (χ0) is 40.7. The highest BCUT2D eigenvalue weighted by molar-refractivity contribution is 6.18. The molecule has 0 aliphatic carbocycles. The van der Waals surface area contributed by atoms with Gasteiger partial charge in [0.25, 0.3) is 0 Å². The molecule has 0 spiro atoms. The van der Waals surface area contributed by atoms with Gasteiger partial charge in [0, 0.05) is 49.3 Å². The average Bonchev–Trinajstić information content (AvgIpc) is 4.02. The number of hydrogen-bond donors (Lipinski definition) is 0. The third-order valence-electron chi connectivity index (χ3n) is 12.6. The Balaban J connectivity index is 1.02. The molecule has 0 amide bonds. The monoisotopic (exact) mass is 792 g/mol. The van der Waals surface area contributed by atoms with Crippen LogP contribution in [0.15, 0.2) is 227 Å². The summed E-state index contributed by atoms with van der Waals surface area (Å²) in [5, 5.41) is 9.21. The molecule has 3 aromatic heterocycles. The van der Waals surface area contributed by atoms with Gasteiger partial charge in [-0.3, -0.25) is 0 Å². The van der Waals surface area contributed by atoms with Crippen molar-refractivity contribution in [3.8, 4) is 27.9 Å². The Labute approximate surface area is 356 Å². The third-order valence-corrected chi connectivity index (χ3v) is 12.6. The molecule has 0 aliphatic rings. The number of furan rings is 2. The largest absolute Gasteiger partial charge is 0.456 e. The van der Waals surface area contributed by atoms with Gasteiger partial charge >= 0.3 is 0 Å². The van der Waals surface area contributed by atoms with Crippen LogP contribution < -0.4 is 4.90 Å². The molecular weight excluding hydrogens is 757 g/mol. The van der Waals surface area contributed by atoms with E-state index in [1.807, 2.05) is 12.1 Å². The predicted molar refractivity (Wildman–Crippen MR) is 258 cm³/mol. The number of anilines is 3. The van der Waals surface area contributed by atoms with Crippen molar-refractivity contribution in [1.82, 2.24) is 4.57 Å². The van der Waals surface area contributed by atoms with E-state index < -0.39 is 0 Å². The van der Waals surface area contributed by atoms with Gasteiger partial charge in [-0.25, -0.2) is 0 Å². The summed E-state index contributed by atoms with van der Waals surface area (Å²) in [4.78, 5) is 2.41. The fourth-order valence-electron chi connectivity index (χ4n) is 9.85. The fourth-order valence-corrected chi connectivity index (χ4v) is 9.85. The molecule has 0 N–H and O–H groups in total. The molecule has 0 unspecified atom stereocenters. The molecular formula is C58H36N2O2. The van der Waals surface area contributed by atoms with Gasteiger partial charge in [0.15, 0.2) is 0 Å². The van der Waals surface area contributed by atoms with Crippen molar-refractivity contribution in [2.75, 3.05) is 4.90 Å². The minimum Gasteiger partial charge on any atom is -0.456 e. The molecule has 4 heteroatoms. The summed E-state index contributed by atoms with van der Waals surface area (Å²) >= 11 is 0. The second-order valence-electron chi connectivity index (χ2n) is 16.0. The second kappa shape index (κ2) is 13.6. The van der Waals surface area contributed by atoms with Crippen molar-refractivity contribution < 1.29 is 8.83 Å². The molecule has 62 heavy (non-hydrogen) atoms. The number of hydrogen-bond acceptors (Lipinski definition) is 3. The molecule has 0 bridgehead atoms. The van der Waals surface area contributed by atoms with Crippen molar-refractivity contribution in [3.63, 3.8) is 0 Å². The molecule has 0 saturated carbocycles. The van der Waals surface area contributed by atoms with Crippen molar-refractivity contribution in [2.45, 2.75) is 0 Å². The molecule has 0 radical (unpaired) electrons. The van der Waals surface area contributed by atoms with Gasteiger partial charge in [-0.2, -0.15) is 0 Å². The molecule has 3 heterocycles. The van der Waals surface area contributed by atoms with Crippen molar-refractivity contribution in [3.05, 3.63) is 218 Å². The number of rotatable bonds is 6. The van der Waals surface area contributed by atoms with Crippen LogP contribution in [0.1, 0.15) is 0 Å². The van der Waals surface area contributed by atoms with Crippen molar-refractivity contribution in [2.24, 2.45) is 0 Å². The zero-order valence-corrected chi connectivity index (χ0v) is 33.5. The fraction of sp³-hybridized carbons (Fsp3) is 0. The van der Waals surface area contributed by atoms with Crippen LogP contribution >= 0.6 is 0 Å². The Hall–Kier alpha value is -8.34. The van der Waals surface area contributed by atoms with Crippen LogP contribution in [0.3, 0.4) is 0 Å². The highest BCUT2D eigenvalue weighted by Gasteiger charge is 2.24. The van der Waals surface area contributed by atoms with E-state index in [1.54, 1.807) is 0 Å². The number of benzene rings is 10. The van der Waals surface area contributed by atoms with Gasteiger partial charge in [-0.05, 0) is 94.9 Å². The summed E-state index contributed by atoms with van der Waals surface area (Å²) in [5.41, 5.74) is 14.5. The van der Waals surface area contributed by atoms with Gasteiger partial charge in [0.05, 0.1) is 27.8 Å². The van der Waals surface area contributed by atoms with Crippen LogP contribution in [0.4, 0.5) is 17.1 Å². The van der Waals surface area contributed by atoms with Crippen molar-refractivity contribution in [1.29, 1.82) is 0 Å². The number of aromatic nitrogens is 1. The maximum Gasteiger partial charge on any atom is 0.145 e. The quantitative estimate of drug-likeness (QED) is 0.168. The van der Waals surface area contributed by atoms with Gasteiger partial charge in [0.1, 0.15) is 22.3 Å². The molecule has 0 aliphatic heterocycles. The third kappa shape index (κ3) is 5.20. The molecule has 10 aromatic carbocycles. The summed E-state index contributed by atoms with van der Waals surface area (Å²) in [5.74, 6) is 0. The van der Waals surface area contributed by atoms with E-state index in [0.29, 0.717) is 0 Å². The van der Waals surface area contributed by atoms with Crippen LogP contribution in [0.5, 0.6) is 0 Å². The number of nitrogens with zero attached hydrogens (tertiary/aromatic N) is 2. The van der Waals surface area contributed by atoms with Crippen LogP contribution in [-0.4, -0.2) is 4.57 Å². The van der Waals surface area contributed by atoms with Crippen LogP contribution in [0.25, 0.3) is 104 Å². The van der Waals surface area contributed by atoms with Crippen LogP contribution in [-0.2, 0) is 0 Å². The van der Waals surface area contributed by atoms with E-state index in [9.17, 15) is 0 Å². The summed E-state index contributed by atoms with van der Waals surface area (Å²) in [6, 6.07) is 77.9. The molecule has 0 saturated heterocycles. The lowest BCUT2D eigenvalue weighted by atomic mass is 9.97. The Morgan fingerprint density at radius 1 is 0.355 bits per heavy atom. The van der Waals surface area contributed by atoms with E-state index in [2.05, 4.69) is 216 Å².